The number of amides is 1. The van der Waals surface area contributed by atoms with Gasteiger partial charge in [0.05, 0.1) is 10.9 Å². The van der Waals surface area contributed by atoms with Crippen LogP contribution in [0.1, 0.15) is 46.5 Å². The van der Waals surface area contributed by atoms with E-state index >= 15 is 0 Å². The van der Waals surface area contributed by atoms with Gasteiger partial charge in [0.15, 0.2) is 0 Å². The minimum absolute atomic E-state index is 0.0230. The molecule has 1 amide bonds. The van der Waals surface area contributed by atoms with Crippen LogP contribution in [0.5, 0.6) is 5.88 Å². The molecule has 0 saturated heterocycles. The number of aromatic nitrogens is 2. The maximum absolute atomic E-state index is 11.9. The van der Waals surface area contributed by atoms with Crippen LogP contribution in [0.25, 0.3) is 10.9 Å². The van der Waals surface area contributed by atoms with Gasteiger partial charge in [-0.15, -0.1) is 0 Å². The molecule has 6 nitrogen and oxygen atoms in total. The van der Waals surface area contributed by atoms with E-state index in [0.717, 1.165) is 41.1 Å². The maximum Gasteiger partial charge on any atom is 0.407 e. The van der Waals surface area contributed by atoms with Gasteiger partial charge in [0, 0.05) is 22.8 Å². The molecule has 0 atom stereocenters. The Balaban J connectivity index is 1.61. The molecule has 27 heavy (non-hydrogen) atoms. The SMILES string of the molecule is CC(C)(C)OC(=O)NC1CCC(Oc2nc(Cl)cc3ncc(Br)cc23)CC1. The van der Waals surface area contributed by atoms with E-state index in [4.69, 9.17) is 21.1 Å². The molecule has 0 radical (unpaired) electrons. The van der Waals surface area contributed by atoms with Crippen molar-refractivity contribution in [2.75, 3.05) is 0 Å². The zero-order chi connectivity index (χ0) is 19.6. The molecule has 0 spiro atoms. The van der Waals surface area contributed by atoms with Crippen LogP contribution in [-0.2, 0) is 4.74 Å². The highest BCUT2D eigenvalue weighted by atomic mass is 79.9. The first-order valence-corrected chi connectivity index (χ1v) is 10.1. The van der Waals surface area contributed by atoms with Gasteiger partial charge in [0.25, 0.3) is 0 Å². The Bertz CT molecular complexity index is 833. The summed E-state index contributed by atoms with van der Waals surface area (Å²) in [4.78, 5) is 20.6. The third-order valence-corrected chi connectivity index (χ3v) is 4.88. The second-order valence-electron chi connectivity index (χ2n) is 7.71. The van der Waals surface area contributed by atoms with Gasteiger partial charge in [-0.3, -0.25) is 4.98 Å². The third kappa shape index (κ3) is 5.69. The number of carbonyl (C=O) groups excluding carboxylic acids is 1. The number of ether oxygens (including phenoxy) is 2. The number of rotatable bonds is 3. The lowest BCUT2D eigenvalue weighted by Crippen LogP contribution is -2.42. The number of fused-ring (bicyclic) bond motifs is 1. The molecule has 3 rings (SSSR count). The summed E-state index contributed by atoms with van der Waals surface area (Å²) in [7, 11) is 0. The van der Waals surface area contributed by atoms with E-state index in [1.54, 1.807) is 12.3 Å². The summed E-state index contributed by atoms with van der Waals surface area (Å²) < 4.78 is 12.3. The quantitative estimate of drug-likeness (QED) is 0.638. The van der Waals surface area contributed by atoms with Gasteiger partial charge in [-0.2, -0.15) is 0 Å². The van der Waals surface area contributed by atoms with Crippen molar-refractivity contribution in [1.29, 1.82) is 0 Å². The Morgan fingerprint density at radius 3 is 2.63 bits per heavy atom. The standard InChI is InChI=1S/C19H23BrClN3O3/c1-19(2,3)27-18(25)23-12-4-6-13(7-5-12)26-17-14-8-11(20)10-22-15(14)9-16(21)24-17/h8-10,12-13H,4-7H2,1-3H3,(H,23,25). The van der Waals surface area contributed by atoms with Crippen LogP contribution in [0.15, 0.2) is 22.8 Å². The fourth-order valence-corrected chi connectivity index (χ4v) is 3.60. The lowest BCUT2D eigenvalue weighted by atomic mass is 9.93. The van der Waals surface area contributed by atoms with Crippen molar-refractivity contribution in [3.05, 3.63) is 28.0 Å². The van der Waals surface area contributed by atoms with E-state index in [2.05, 4.69) is 31.2 Å². The minimum atomic E-state index is -0.494. The zero-order valence-electron chi connectivity index (χ0n) is 15.6. The van der Waals surface area contributed by atoms with Crippen molar-refractivity contribution in [3.63, 3.8) is 0 Å². The molecule has 0 unspecified atom stereocenters. The van der Waals surface area contributed by atoms with E-state index in [1.807, 2.05) is 26.8 Å². The summed E-state index contributed by atoms with van der Waals surface area (Å²) in [6.07, 6.45) is 4.65. The second-order valence-corrected chi connectivity index (χ2v) is 9.01. The summed E-state index contributed by atoms with van der Waals surface area (Å²) in [6.45, 7) is 5.56. The lowest BCUT2D eigenvalue weighted by molar-refractivity contribution is 0.0470. The monoisotopic (exact) mass is 455 g/mol. The summed E-state index contributed by atoms with van der Waals surface area (Å²) in [5, 5.41) is 4.11. The topological polar surface area (TPSA) is 73.3 Å². The minimum Gasteiger partial charge on any atom is -0.474 e. The van der Waals surface area contributed by atoms with Gasteiger partial charge < -0.3 is 14.8 Å². The van der Waals surface area contributed by atoms with Crippen LogP contribution in [0.3, 0.4) is 0 Å². The zero-order valence-corrected chi connectivity index (χ0v) is 17.9. The number of hydrogen-bond donors (Lipinski definition) is 1. The molecule has 1 aliphatic carbocycles. The number of nitrogens with zero attached hydrogens (tertiary/aromatic N) is 2. The van der Waals surface area contributed by atoms with Gasteiger partial charge >= 0.3 is 6.09 Å². The van der Waals surface area contributed by atoms with E-state index in [0.29, 0.717) is 11.0 Å². The molecule has 2 aromatic heterocycles. The molecule has 0 bridgehead atoms. The highest BCUT2D eigenvalue weighted by molar-refractivity contribution is 9.10. The molecule has 1 fully saturated rings. The number of pyridine rings is 2. The normalized spacial score (nSPS) is 20.3. The Morgan fingerprint density at radius 1 is 1.26 bits per heavy atom. The third-order valence-electron chi connectivity index (χ3n) is 4.25. The van der Waals surface area contributed by atoms with Crippen molar-refractivity contribution in [2.45, 2.75) is 64.2 Å². The molecule has 2 aromatic rings. The summed E-state index contributed by atoms with van der Waals surface area (Å²) in [6, 6.07) is 3.74. The van der Waals surface area contributed by atoms with Gasteiger partial charge in [0.2, 0.25) is 5.88 Å². The summed E-state index contributed by atoms with van der Waals surface area (Å²) in [5.74, 6) is 0.495. The molecular weight excluding hydrogens is 434 g/mol. The van der Waals surface area contributed by atoms with Crippen molar-refractivity contribution in [3.8, 4) is 5.88 Å². The Kier molecular flexibility index (Phi) is 6.11. The van der Waals surface area contributed by atoms with Crippen LogP contribution in [0.4, 0.5) is 4.79 Å². The Labute approximate surface area is 172 Å². The number of nitrogens with one attached hydrogen (secondary N) is 1. The summed E-state index contributed by atoms with van der Waals surface area (Å²) >= 11 is 9.54. The average molecular weight is 457 g/mol. The van der Waals surface area contributed by atoms with Crippen LogP contribution >= 0.6 is 27.5 Å². The number of alkyl carbamates (subject to hydrolysis) is 1. The van der Waals surface area contributed by atoms with Gasteiger partial charge in [-0.1, -0.05) is 11.6 Å². The van der Waals surface area contributed by atoms with Gasteiger partial charge in [-0.05, 0) is 68.5 Å². The highest BCUT2D eigenvalue weighted by Gasteiger charge is 2.26. The fourth-order valence-electron chi connectivity index (χ4n) is 3.09. The molecule has 1 aliphatic rings. The molecule has 0 aliphatic heterocycles. The lowest BCUT2D eigenvalue weighted by Gasteiger charge is -2.30. The highest BCUT2D eigenvalue weighted by Crippen LogP contribution is 2.31. The van der Waals surface area contributed by atoms with Crippen molar-refractivity contribution in [1.82, 2.24) is 15.3 Å². The first-order valence-electron chi connectivity index (χ1n) is 8.97. The van der Waals surface area contributed by atoms with E-state index in [9.17, 15) is 4.79 Å². The molecule has 8 heteroatoms. The van der Waals surface area contributed by atoms with Gasteiger partial charge in [-0.25, -0.2) is 9.78 Å². The van der Waals surface area contributed by atoms with Crippen LogP contribution in [0, 0.1) is 0 Å². The second kappa shape index (κ2) is 8.19. The molecule has 0 aromatic carbocycles. The van der Waals surface area contributed by atoms with E-state index < -0.39 is 5.60 Å². The maximum atomic E-state index is 11.9. The average Bonchev–Trinajstić information content (AvgIpc) is 2.55. The smallest absolute Gasteiger partial charge is 0.407 e. The summed E-state index contributed by atoms with van der Waals surface area (Å²) in [5.41, 5.74) is 0.250. The Hall–Kier alpha value is -1.60. The Morgan fingerprint density at radius 2 is 1.96 bits per heavy atom. The van der Waals surface area contributed by atoms with Crippen molar-refractivity contribution in [2.24, 2.45) is 0 Å². The largest absolute Gasteiger partial charge is 0.474 e. The predicted octanol–water partition coefficient (Wildman–Crippen LogP) is 5.26. The molecular formula is C19H23BrClN3O3. The van der Waals surface area contributed by atoms with E-state index in [1.165, 1.54) is 0 Å². The van der Waals surface area contributed by atoms with Crippen molar-refractivity contribution < 1.29 is 14.3 Å². The molecule has 2 heterocycles. The number of hydrogen-bond acceptors (Lipinski definition) is 5. The van der Waals surface area contributed by atoms with Crippen LogP contribution in [-0.4, -0.2) is 33.8 Å². The van der Waals surface area contributed by atoms with E-state index in [-0.39, 0.29) is 18.2 Å². The predicted molar refractivity (Wildman–Crippen MR) is 108 cm³/mol. The number of halogens is 2. The fraction of sp³-hybridized carbons (Fsp3) is 0.526. The first kappa shape index (κ1) is 20.1. The first-order chi connectivity index (χ1) is 12.7. The van der Waals surface area contributed by atoms with Crippen LogP contribution in [0.2, 0.25) is 5.15 Å². The molecule has 146 valence electrons. The van der Waals surface area contributed by atoms with Crippen LogP contribution < -0.4 is 10.1 Å². The number of carbonyl (C=O) groups is 1. The van der Waals surface area contributed by atoms with Crippen molar-refractivity contribution >= 4 is 44.5 Å². The molecule has 1 saturated carbocycles. The van der Waals surface area contributed by atoms with Gasteiger partial charge in [0.1, 0.15) is 16.9 Å². The molecule has 1 N–H and O–H groups in total.